The van der Waals surface area contributed by atoms with E-state index in [1.165, 1.54) is 24.3 Å². The van der Waals surface area contributed by atoms with Crippen molar-refractivity contribution in [3.63, 3.8) is 0 Å². The lowest BCUT2D eigenvalue weighted by atomic mass is 10.0. The Kier molecular flexibility index (Phi) is 5.04. The standard InChI is InChI=1S/C20H17NO4S/c22-20(23)16-10-12-18(13-11-16)26(24,25)21-19-9-5-4-8-17(19)14-15-6-2-1-3-7-15/h1-13,21H,14H2,(H,22,23)/p-1. The maximum absolute atomic E-state index is 12.6. The molecule has 0 unspecified atom stereocenters. The van der Waals surface area contributed by atoms with Gasteiger partial charge in [-0.1, -0.05) is 60.7 Å². The Labute approximate surface area is 152 Å². The van der Waals surface area contributed by atoms with E-state index in [0.717, 1.165) is 11.1 Å². The van der Waals surface area contributed by atoms with Gasteiger partial charge in [0, 0.05) is 0 Å². The normalized spacial score (nSPS) is 11.1. The average molecular weight is 366 g/mol. The molecule has 3 aromatic rings. The van der Waals surface area contributed by atoms with Crippen LogP contribution in [0.2, 0.25) is 0 Å². The first-order valence-electron chi connectivity index (χ1n) is 7.92. The second-order valence-electron chi connectivity index (χ2n) is 5.74. The van der Waals surface area contributed by atoms with Crippen molar-refractivity contribution >= 4 is 21.7 Å². The highest BCUT2D eigenvalue weighted by atomic mass is 32.2. The zero-order valence-corrected chi connectivity index (χ0v) is 14.6. The van der Waals surface area contributed by atoms with Crippen LogP contribution in [0.25, 0.3) is 0 Å². The number of rotatable bonds is 6. The van der Waals surface area contributed by atoms with Crippen molar-refractivity contribution in [3.8, 4) is 0 Å². The van der Waals surface area contributed by atoms with Crippen molar-refractivity contribution in [1.29, 1.82) is 0 Å². The molecule has 0 aliphatic carbocycles. The van der Waals surface area contributed by atoms with Crippen LogP contribution in [0, 0.1) is 0 Å². The molecule has 1 N–H and O–H groups in total. The summed E-state index contributed by atoms with van der Waals surface area (Å²) in [6.45, 7) is 0. The summed E-state index contributed by atoms with van der Waals surface area (Å²) in [6.07, 6.45) is 0.586. The molecule has 0 aliphatic rings. The smallest absolute Gasteiger partial charge is 0.261 e. The highest BCUT2D eigenvalue weighted by molar-refractivity contribution is 7.92. The third-order valence-electron chi connectivity index (χ3n) is 3.90. The number of benzene rings is 3. The zero-order valence-electron chi connectivity index (χ0n) is 13.8. The fourth-order valence-corrected chi connectivity index (χ4v) is 3.66. The molecule has 0 saturated heterocycles. The monoisotopic (exact) mass is 366 g/mol. The molecule has 3 rings (SSSR count). The third kappa shape index (κ3) is 4.10. The maximum Gasteiger partial charge on any atom is 0.261 e. The highest BCUT2D eigenvalue weighted by Crippen LogP contribution is 2.23. The van der Waals surface area contributed by atoms with Gasteiger partial charge in [-0.25, -0.2) is 8.42 Å². The van der Waals surface area contributed by atoms with E-state index in [1.807, 2.05) is 42.5 Å². The van der Waals surface area contributed by atoms with E-state index in [1.54, 1.807) is 12.1 Å². The largest absolute Gasteiger partial charge is 0.545 e. The first-order chi connectivity index (χ1) is 12.5. The van der Waals surface area contributed by atoms with Gasteiger partial charge in [0.25, 0.3) is 10.0 Å². The van der Waals surface area contributed by atoms with Gasteiger partial charge in [-0.3, -0.25) is 4.72 Å². The Morgan fingerprint density at radius 3 is 2.12 bits per heavy atom. The number of nitrogens with one attached hydrogen (secondary N) is 1. The van der Waals surface area contributed by atoms with Crippen molar-refractivity contribution in [2.45, 2.75) is 11.3 Å². The topological polar surface area (TPSA) is 86.3 Å². The Hall–Kier alpha value is -3.12. The lowest BCUT2D eigenvalue weighted by molar-refractivity contribution is -0.255. The van der Waals surface area contributed by atoms with E-state index in [9.17, 15) is 18.3 Å². The number of hydrogen-bond donors (Lipinski definition) is 1. The first-order valence-corrected chi connectivity index (χ1v) is 9.40. The number of carboxylic acids is 1. The summed E-state index contributed by atoms with van der Waals surface area (Å²) in [6, 6.07) is 21.8. The molecule has 0 aromatic heterocycles. The van der Waals surface area contributed by atoms with E-state index in [0.29, 0.717) is 12.1 Å². The highest BCUT2D eigenvalue weighted by Gasteiger charge is 2.16. The summed E-state index contributed by atoms with van der Waals surface area (Å²) in [5, 5.41) is 10.8. The van der Waals surface area contributed by atoms with Gasteiger partial charge in [0.05, 0.1) is 16.6 Å². The molecule has 0 bridgehead atoms. The molecule has 0 radical (unpaired) electrons. The van der Waals surface area contributed by atoms with Crippen LogP contribution in [0.1, 0.15) is 21.5 Å². The van der Waals surface area contributed by atoms with Crippen molar-refractivity contribution in [3.05, 3.63) is 95.6 Å². The number of carbonyl (C=O) groups excluding carboxylic acids is 1. The Balaban J connectivity index is 1.87. The fraction of sp³-hybridized carbons (Fsp3) is 0.0500. The first kappa shape index (κ1) is 17.7. The summed E-state index contributed by atoms with van der Waals surface area (Å²) in [7, 11) is -3.83. The lowest BCUT2D eigenvalue weighted by Gasteiger charge is -2.13. The van der Waals surface area contributed by atoms with Crippen LogP contribution in [0.15, 0.2) is 83.8 Å². The van der Waals surface area contributed by atoms with Crippen LogP contribution < -0.4 is 9.83 Å². The predicted molar refractivity (Wildman–Crippen MR) is 97.3 cm³/mol. The quantitative estimate of drug-likeness (QED) is 0.726. The molecule has 6 heteroatoms. The van der Waals surface area contributed by atoms with Crippen LogP contribution in [0.5, 0.6) is 0 Å². The second kappa shape index (κ2) is 7.41. The predicted octanol–water partition coefficient (Wildman–Crippen LogP) is 2.44. The summed E-state index contributed by atoms with van der Waals surface area (Å²) in [4.78, 5) is 10.8. The van der Waals surface area contributed by atoms with Gasteiger partial charge in [-0.2, -0.15) is 0 Å². The molecule has 0 aliphatic heterocycles. The van der Waals surface area contributed by atoms with Gasteiger partial charge >= 0.3 is 0 Å². The number of carboxylic acid groups (broad SMARTS) is 1. The summed E-state index contributed by atoms with van der Waals surface area (Å²) in [5.41, 5.74) is 2.32. The maximum atomic E-state index is 12.6. The number of hydrogen-bond acceptors (Lipinski definition) is 4. The molecule has 0 heterocycles. The number of carbonyl (C=O) groups is 1. The van der Waals surface area contributed by atoms with Crippen molar-refractivity contribution < 1.29 is 18.3 Å². The minimum absolute atomic E-state index is 0.0167. The molecule has 5 nitrogen and oxygen atoms in total. The van der Waals surface area contributed by atoms with E-state index in [4.69, 9.17) is 0 Å². The van der Waals surface area contributed by atoms with Crippen LogP contribution in [0.3, 0.4) is 0 Å². The molecule has 0 spiro atoms. The number of anilines is 1. The summed E-state index contributed by atoms with van der Waals surface area (Å²) >= 11 is 0. The fourth-order valence-electron chi connectivity index (χ4n) is 2.56. The van der Waals surface area contributed by atoms with Gasteiger partial charge in [0.2, 0.25) is 0 Å². The minimum Gasteiger partial charge on any atom is -0.545 e. The third-order valence-corrected chi connectivity index (χ3v) is 5.28. The Morgan fingerprint density at radius 2 is 1.46 bits per heavy atom. The van der Waals surface area contributed by atoms with Crippen LogP contribution in [-0.4, -0.2) is 14.4 Å². The SMILES string of the molecule is O=C([O-])c1ccc(S(=O)(=O)Nc2ccccc2Cc2ccccc2)cc1. The number of para-hydroxylation sites is 1. The van der Waals surface area contributed by atoms with Crippen molar-refractivity contribution in [1.82, 2.24) is 0 Å². The van der Waals surface area contributed by atoms with Gasteiger partial charge in [0.1, 0.15) is 0 Å². The lowest BCUT2D eigenvalue weighted by Crippen LogP contribution is -2.22. The second-order valence-corrected chi connectivity index (χ2v) is 7.42. The molecular formula is C20H16NO4S-. The van der Waals surface area contributed by atoms with Gasteiger partial charge < -0.3 is 9.90 Å². The molecule has 0 saturated carbocycles. The van der Waals surface area contributed by atoms with Gasteiger partial charge in [-0.15, -0.1) is 0 Å². The van der Waals surface area contributed by atoms with Crippen LogP contribution in [0.4, 0.5) is 5.69 Å². The van der Waals surface area contributed by atoms with Gasteiger partial charge in [-0.05, 0) is 41.3 Å². The van der Waals surface area contributed by atoms with Gasteiger partial charge in [0.15, 0.2) is 0 Å². The molecule has 132 valence electrons. The molecule has 3 aromatic carbocycles. The summed E-state index contributed by atoms with van der Waals surface area (Å²) in [5.74, 6) is -1.35. The minimum atomic E-state index is -3.83. The van der Waals surface area contributed by atoms with E-state index in [-0.39, 0.29) is 10.5 Å². The Morgan fingerprint density at radius 1 is 0.846 bits per heavy atom. The number of sulfonamides is 1. The van der Waals surface area contributed by atoms with Crippen molar-refractivity contribution in [2.24, 2.45) is 0 Å². The van der Waals surface area contributed by atoms with Crippen LogP contribution in [-0.2, 0) is 16.4 Å². The molecular weight excluding hydrogens is 350 g/mol. The molecule has 0 atom stereocenters. The average Bonchev–Trinajstić information content (AvgIpc) is 2.64. The molecule has 0 amide bonds. The Bertz CT molecular complexity index is 1010. The van der Waals surface area contributed by atoms with E-state index < -0.39 is 16.0 Å². The molecule has 26 heavy (non-hydrogen) atoms. The van der Waals surface area contributed by atoms with E-state index in [2.05, 4.69) is 4.72 Å². The van der Waals surface area contributed by atoms with Crippen molar-refractivity contribution in [2.75, 3.05) is 4.72 Å². The van der Waals surface area contributed by atoms with Crippen LogP contribution >= 0.6 is 0 Å². The van der Waals surface area contributed by atoms with E-state index >= 15 is 0 Å². The summed E-state index contributed by atoms with van der Waals surface area (Å²) < 4.78 is 27.8. The zero-order chi connectivity index (χ0) is 18.6. The number of aromatic carboxylic acids is 1. The molecule has 0 fully saturated rings.